The molecule has 0 aliphatic rings. The number of rotatable bonds is 5. The highest BCUT2D eigenvalue weighted by molar-refractivity contribution is 5.92. The van der Waals surface area contributed by atoms with Gasteiger partial charge in [0.15, 0.2) is 5.69 Å². The van der Waals surface area contributed by atoms with E-state index in [-0.39, 0.29) is 5.91 Å². The minimum atomic E-state index is -0.0589. The Labute approximate surface area is 102 Å². The summed E-state index contributed by atoms with van der Waals surface area (Å²) in [4.78, 5) is 13.9. The number of carbonyl (C=O) groups is 1. The average molecular weight is 236 g/mol. The molecule has 1 aromatic heterocycles. The molecule has 0 atom stereocenters. The van der Waals surface area contributed by atoms with E-state index in [4.69, 9.17) is 0 Å². The molecule has 0 aliphatic heterocycles. The molecule has 1 N–H and O–H groups in total. The lowest BCUT2D eigenvalue weighted by molar-refractivity contribution is 0.0738. The lowest BCUT2D eigenvalue weighted by Gasteiger charge is -2.22. The first-order valence-corrected chi connectivity index (χ1v) is 5.89. The molecule has 1 rings (SSSR count). The first-order valence-electron chi connectivity index (χ1n) is 5.89. The van der Waals surface area contributed by atoms with E-state index in [9.17, 15) is 4.79 Å². The first kappa shape index (κ1) is 13.4. The molecule has 0 saturated heterocycles. The van der Waals surface area contributed by atoms with Gasteiger partial charge in [0.1, 0.15) is 5.82 Å². The van der Waals surface area contributed by atoms with Crippen LogP contribution in [-0.2, 0) is 0 Å². The van der Waals surface area contributed by atoms with Crippen molar-refractivity contribution < 1.29 is 4.79 Å². The highest BCUT2D eigenvalue weighted by Crippen LogP contribution is 2.06. The van der Waals surface area contributed by atoms with Crippen molar-refractivity contribution in [1.29, 1.82) is 0 Å². The number of anilines is 1. The zero-order valence-corrected chi connectivity index (χ0v) is 10.9. The second-order valence-electron chi connectivity index (χ2n) is 4.29. The van der Waals surface area contributed by atoms with Crippen LogP contribution in [0.25, 0.3) is 0 Å². The third kappa shape index (κ3) is 3.69. The van der Waals surface area contributed by atoms with Crippen molar-refractivity contribution >= 4 is 11.7 Å². The van der Waals surface area contributed by atoms with Gasteiger partial charge in [-0.15, -0.1) is 10.2 Å². The molecule has 5 nitrogen and oxygen atoms in total. The van der Waals surface area contributed by atoms with Crippen molar-refractivity contribution in [3.63, 3.8) is 0 Å². The lowest BCUT2D eigenvalue weighted by Crippen LogP contribution is -2.34. The predicted molar refractivity (Wildman–Crippen MR) is 68.0 cm³/mol. The van der Waals surface area contributed by atoms with Crippen LogP contribution in [0.4, 0.5) is 5.82 Å². The quantitative estimate of drug-likeness (QED) is 0.844. The van der Waals surface area contributed by atoms with Gasteiger partial charge < -0.3 is 10.2 Å². The number of amides is 1. The molecule has 0 aliphatic carbocycles. The smallest absolute Gasteiger partial charge is 0.274 e. The molecular weight excluding hydrogens is 216 g/mol. The summed E-state index contributed by atoms with van der Waals surface area (Å²) in [5.74, 6) is 1.05. The van der Waals surface area contributed by atoms with Crippen LogP contribution in [-0.4, -0.2) is 41.1 Å². The molecule has 0 bridgehead atoms. The third-order valence-electron chi connectivity index (χ3n) is 2.39. The first-order chi connectivity index (χ1) is 8.08. The second-order valence-corrected chi connectivity index (χ2v) is 4.29. The highest BCUT2D eigenvalue weighted by Gasteiger charge is 2.16. The average Bonchev–Trinajstić information content (AvgIpc) is 2.35. The summed E-state index contributed by atoms with van der Waals surface area (Å²) < 4.78 is 0. The number of nitrogens with one attached hydrogen (secondary N) is 1. The van der Waals surface area contributed by atoms with Gasteiger partial charge >= 0.3 is 0 Å². The fourth-order valence-electron chi connectivity index (χ4n) is 1.54. The summed E-state index contributed by atoms with van der Waals surface area (Å²) in [6.07, 6.45) is 0. The van der Waals surface area contributed by atoms with Crippen molar-refractivity contribution in [2.75, 3.05) is 25.5 Å². The van der Waals surface area contributed by atoms with Gasteiger partial charge in [-0.25, -0.2) is 0 Å². The van der Waals surface area contributed by atoms with Gasteiger partial charge in [-0.1, -0.05) is 13.8 Å². The SMILES string of the molecule is CCN(CC(C)C)C(=O)c1ccc(NC)nn1. The second kappa shape index (κ2) is 6.18. The maximum Gasteiger partial charge on any atom is 0.274 e. The summed E-state index contributed by atoms with van der Waals surface area (Å²) >= 11 is 0. The van der Waals surface area contributed by atoms with Crippen LogP contribution in [0.1, 0.15) is 31.3 Å². The molecule has 1 amide bonds. The Morgan fingerprint density at radius 3 is 2.53 bits per heavy atom. The van der Waals surface area contributed by atoms with Gasteiger partial charge in [-0.2, -0.15) is 0 Å². The molecule has 0 unspecified atom stereocenters. The van der Waals surface area contributed by atoms with Gasteiger partial charge in [0.25, 0.3) is 5.91 Å². The van der Waals surface area contributed by atoms with E-state index in [1.165, 1.54) is 0 Å². The van der Waals surface area contributed by atoms with E-state index in [2.05, 4.69) is 29.4 Å². The van der Waals surface area contributed by atoms with Crippen molar-refractivity contribution in [3.05, 3.63) is 17.8 Å². The molecule has 0 aromatic carbocycles. The molecule has 5 heteroatoms. The topological polar surface area (TPSA) is 58.1 Å². The molecule has 17 heavy (non-hydrogen) atoms. The Bertz CT molecular complexity index is 361. The third-order valence-corrected chi connectivity index (χ3v) is 2.39. The largest absolute Gasteiger partial charge is 0.372 e. The Morgan fingerprint density at radius 1 is 1.41 bits per heavy atom. The zero-order chi connectivity index (χ0) is 12.8. The standard InChI is InChI=1S/C12H20N4O/c1-5-16(8-9(2)3)12(17)10-6-7-11(13-4)15-14-10/h6-7,9H,5,8H2,1-4H3,(H,13,15). The Morgan fingerprint density at radius 2 is 2.12 bits per heavy atom. The normalized spacial score (nSPS) is 10.4. The van der Waals surface area contributed by atoms with Gasteiger partial charge in [0, 0.05) is 20.1 Å². The maximum absolute atomic E-state index is 12.1. The minimum absolute atomic E-state index is 0.0589. The van der Waals surface area contributed by atoms with Gasteiger partial charge in [0.2, 0.25) is 0 Å². The number of hydrogen-bond acceptors (Lipinski definition) is 4. The van der Waals surface area contributed by atoms with E-state index in [1.54, 1.807) is 24.1 Å². The van der Waals surface area contributed by atoms with Crippen molar-refractivity contribution in [2.45, 2.75) is 20.8 Å². The molecule has 0 spiro atoms. The summed E-state index contributed by atoms with van der Waals surface area (Å²) in [5, 5.41) is 10.7. The Kier molecular flexibility index (Phi) is 4.87. The van der Waals surface area contributed by atoms with Crippen LogP contribution in [0.15, 0.2) is 12.1 Å². The van der Waals surface area contributed by atoms with Crippen LogP contribution in [0.2, 0.25) is 0 Å². The summed E-state index contributed by atoms with van der Waals surface area (Å²) in [7, 11) is 1.77. The summed E-state index contributed by atoms with van der Waals surface area (Å²) in [6, 6.07) is 3.45. The fraction of sp³-hybridized carbons (Fsp3) is 0.583. The predicted octanol–water partition coefficient (Wildman–Crippen LogP) is 1.64. The summed E-state index contributed by atoms with van der Waals surface area (Å²) in [5.41, 5.74) is 0.395. The minimum Gasteiger partial charge on any atom is -0.372 e. The number of nitrogens with zero attached hydrogens (tertiary/aromatic N) is 3. The maximum atomic E-state index is 12.1. The van der Waals surface area contributed by atoms with Crippen LogP contribution >= 0.6 is 0 Å². The highest BCUT2D eigenvalue weighted by atomic mass is 16.2. The van der Waals surface area contributed by atoms with Gasteiger partial charge in [0.05, 0.1) is 0 Å². The molecular formula is C12H20N4O. The van der Waals surface area contributed by atoms with E-state index >= 15 is 0 Å². The lowest BCUT2D eigenvalue weighted by atomic mass is 10.2. The monoisotopic (exact) mass is 236 g/mol. The number of hydrogen-bond donors (Lipinski definition) is 1. The van der Waals surface area contributed by atoms with Crippen molar-refractivity contribution in [2.24, 2.45) is 5.92 Å². The van der Waals surface area contributed by atoms with Gasteiger partial charge in [-0.3, -0.25) is 4.79 Å². The fourth-order valence-corrected chi connectivity index (χ4v) is 1.54. The van der Waals surface area contributed by atoms with Crippen LogP contribution in [0.3, 0.4) is 0 Å². The van der Waals surface area contributed by atoms with E-state index in [0.717, 1.165) is 6.54 Å². The Balaban J connectivity index is 2.78. The van der Waals surface area contributed by atoms with Crippen molar-refractivity contribution in [3.8, 4) is 0 Å². The number of carbonyl (C=O) groups excluding carboxylic acids is 1. The van der Waals surface area contributed by atoms with Crippen LogP contribution in [0.5, 0.6) is 0 Å². The zero-order valence-electron chi connectivity index (χ0n) is 10.9. The van der Waals surface area contributed by atoms with E-state index in [1.807, 2.05) is 6.92 Å². The van der Waals surface area contributed by atoms with Gasteiger partial charge in [-0.05, 0) is 25.0 Å². The molecule has 1 heterocycles. The van der Waals surface area contributed by atoms with E-state index in [0.29, 0.717) is 24.0 Å². The number of aromatic nitrogens is 2. The summed E-state index contributed by atoms with van der Waals surface area (Å²) in [6.45, 7) is 7.57. The molecule has 1 aromatic rings. The van der Waals surface area contributed by atoms with E-state index < -0.39 is 0 Å². The van der Waals surface area contributed by atoms with Crippen LogP contribution in [0, 0.1) is 5.92 Å². The van der Waals surface area contributed by atoms with Crippen LogP contribution < -0.4 is 5.32 Å². The molecule has 0 radical (unpaired) electrons. The molecule has 94 valence electrons. The molecule has 0 saturated carbocycles. The Hall–Kier alpha value is -1.65. The van der Waals surface area contributed by atoms with Crippen molar-refractivity contribution in [1.82, 2.24) is 15.1 Å². The molecule has 0 fully saturated rings.